The molecule has 0 radical (unpaired) electrons. The number of alkyl halides is 1. The van der Waals surface area contributed by atoms with Crippen molar-refractivity contribution in [2.24, 2.45) is 5.73 Å². The summed E-state index contributed by atoms with van der Waals surface area (Å²) in [6.07, 6.45) is -1.05. The first-order chi connectivity index (χ1) is 5.20. The Balaban J connectivity index is 3.43. The fourth-order valence-electron chi connectivity index (χ4n) is 0.566. The first-order valence-electron chi connectivity index (χ1n) is 3.21. The van der Waals surface area contributed by atoms with Gasteiger partial charge in [0, 0.05) is 13.5 Å². The van der Waals surface area contributed by atoms with Gasteiger partial charge in [0.25, 0.3) is 0 Å². The Morgan fingerprint density at radius 2 is 2.36 bits per heavy atom. The van der Waals surface area contributed by atoms with Crippen molar-refractivity contribution in [1.29, 1.82) is 0 Å². The van der Waals surface area contributed by atoms with E-state index in [0.717, 1.165) is 0 Å². The molecule has 66 valence electrons. The van der Waals surface area contributed by atoms with E-state index < -0.39 is 18.9 Å². The third kappa shape index (κ3) is 5.60. The standard InChI is InChI=1S/C6H12FNO3/c1-10-5(2-3-7)4-11-6(8)9/h5H,2-4H2,1H3,(H2,8,9). The van der Waals surface area contributed by atoms with E-state index in [-0.39, 0.29) is 13.0 Å². The summed E-state index contributed by atoms with van der Waals surface area (Å²) in [7, 11) is 1.42. The van der Waals surface area contributed by atoms with Gasteiger partial charge in [-0.05, 0) is 0 Å². The second-order valence-electron chi connectivity index (χ2n) is 1.97. The van der Waals surface area contributed by atoms with Crippen LogP contribution >= 0.6 is 0 Å². The average Bonchev–Trinajstić information content (AvgIpc) is 1.97. The molecule has 0 rings (SSSR count). The highest BCUT2D eigenvalue weighted by Crippen LogP contribution is 1.97. The van der Waals surface area contributed by atoms with Crippen molar-refractivity contribution in [2.75, 3.05) is 20.4 Å². The van der Waals surface area contributed by atoms with Gasteiger partial charge in [-0.1, -0.05) is 0 Å². The highest BCUT2D eigenvalue weighted by molar-refractivity contribution is 5.64. The van der Waals surface area contributed by atoms with E-state index in [1.165, 1.54) is 7.11 Å². The first kappa shape index (κ1) is 10.2. The van der Waals surface area contributed by atoms with Crippen LogP contribution in [0.4, 0.5) is 9.18 Å². The molecule has 1 unspecified atom stereocenters. The Morgan fingerprint density at radius 1 is 1.73 bits per heavy atom. The minimum absolute atomic E-state index is 0.00968. The molecule has 0 aliphatic carbocycles. The average molecular weight is 165 g/mol. The number of halogens is 1. The molecule has 0 aromatic carbocycles. The lowest BCUT2D eigenvalue weighted by Crippen LogP contribution is -2.24. The van der Waals surface area contributed by atoms with E-state index in [1.54, 1.807) is 0 Å². The first-order valence-corrected chi connectivity index (χ1v) is 3.21. The second-order valence-corrected chi connectivity index (χ2v) is 1.97. The van der Waals surface area contributed by atoms with Crippen LogP contribution in [-0.4, -0.2) is 32.6 Å². The number of ether oxygens (including phenoxy) is 2. The van der Waals surface area contributed by atoms with Gasteiger partial charge in [0.1, 0.15) is 6.61 Å². The van der Waals surface area contributed by atoms with E-state index in [4.69, 9.17) is 4.74 Å². The van der Waals surface area contributed by atoms with Crippen LogP contribution < -0.4 is 5.73 Å². The summed E-state index contributed by atoms with van der Waals surface area (Å²) < 4.78 is 20.9. The molecular formula is C6H12FNO3. The zero-order valence-electron chi connectivity index (χ0n) is 6.38. The van der Waals surface area contributed by atoms with Crippen molar-refractivity contribution >= 4 is 6.09 Å². The Bertz CT molecular complexity index is 120. The predicted molar refractivity (Wildman–Crippen MR) is 36.9 cm³/mol. The summed E-state index contributed by atoms with van der Waals surface area (Å²) in [5.74, 6) is 0. The fraction of sp³-hybridized carbons (Fsp3) is 0.833. The van der Waals surface area contributed by atoms with Crippen LogP contribution in [0.15, 0.2) is 0 Å². The van der Waals surface area contributed by atoms with Gasteiger partial charge in [0.2, 0.25) is 0 Å². The van der Waals surface area contributed by atoms with Gasteiger partial charge in [0.05, 0.1) is 12.8 Å². The quantitative estimate of drug-likeness (QED) is 0.643. The molecule has 1 amide bonds. The van der Waals surface area contributed by atoms with Crippen LogP contribution in [0.5, 0.6) is 0 Å². The Morgan fingerprint density at radius 3 is 2.73 bits per heavy atom. The second kappa shape index (κ2) is 5.91. The number of primary amides is 1. The van der Waals surface area contributed by atoms with Gasteiger partial charge < -0.3 is 15.2 Å². The third-order valence-electron chi connectivity index (χ3n) is 1.18. The number of hydrogen-bond donors (Lipinski definition) is 1. The maximum Gasteiger partial charge on any atom is 0.404 e. The molecule has 0 aromatic heterocycles. The monoisotopic (exact) mass is 165 g/mol. The fourth-order valence-corrected chi connectivity index (χ4v) is 0.566. The van der Waals surface area contributed by atoms with Crippen LogP contribution in [0.3, 0.4) is 0 Å². The maximum atomic E-state index is 11.7. The summed E-state index contributed by atoms with van der Waals surface area (Å²) in [6.45, 7) is -0.490. The Labute approximate surface area is 64.5 Å². The molecule has 0 saturated carbocycles. The lowest BCUT2D eigenvalue weighted by molar-refractivity contribution is 0.0294. The zero-order chi connectivity index (χ0) is 8.69. The van der Waals surface area contributed by atoms with Crippen LogP contribution in [-0.2, 0) is 9.47 Å². The SMILES string of the molecule is COC(CCF)COC(N)=O. The van der Waals surface area contributed by atoms with Gasteiger partial charge in [-0.3, -0.25) is 4.39 Å². The zero-order valence-corrected chi connectivity index (χ0v) is 6.38. The minimum atomic E-state index is -0.870. The topological polar surface area (TPSA) is 61.6 Å². The Hall–Kier alpha value is -0.840. The summed E-state index contributed by atoms with van der Waals surface area (Å²) in [4.78, 5) is 10.1. The molecule has 11 heavy (non-hydrogen) atoms. The smallest absolute Gasteiger partial charge is 0.404 e. The van der Waals surface area contributed by atoms with E-state index in [2.05, 4.69) is 10.5 Å². The molecule has 5 heteroatoms. The van der Waals surface area contributed by atoms with E-state index in [9.17, 15) is 9.18 Å². The van der Waals surface area contributed by atoms with Crippen molar-refractivity contribution in [3.05, 3.63) is 0 Å². The molecule has 0 spiro atoms. The number of methoxy groups -OCH3 is 1. The van der Waals surface area contributed by atoms with Gasteiger partial charge >= 0.3 is 6.09 Å². The summed E-state index contributed by atoms with van der Waals surface area (Å²) in [5.41, 5.74) is 4.68. The number of carbonyl (C=O) groups excluding carboxylic acids is 1. The number of rotatable bonds is 5. The van der Waals surface area contributed by atoms with Crippen LogP contribution in [0.25, 0.3) is 0 Å². The van der Waals surface area contributed by atoms with Crippen LogP contribution in [0, 0.1) is 0 Å². The van der Waals surface area contributed by atoms with Crippen molar-refractivity contribution in [1.82, 2.24) is 0 Å². The highest BCUT2D eigenvalue weighted by Gasteiger charge is 2.08. The van der Waals surface area contributed by atoms with Crippen molar-refractivity contribution in [2.45, 2.75) is 12.5 Å². The molecular weight excluding hydrogens is 153 g/mol. The molecule has 2 N–H and O–H groups in total. The van der Waals surface area contributed by atoms with Gasteiger partial charge in [-0.2, -0.15) is 0 Å². The van der Waals surface area contributed by atoms with Crippen molar-refractivity contribution in [3.8, 4) is 0 Å². The van der Waals surface area contributed by atoms with E-state index in [1.807, 2.05) is 0 Å². The minimum Gasteiger partial charge on any atom is -0.447 e. The lowest BCUT2D eigenvalue weighted by Gasteiger charge is -2.11. The van der Waals surface area contributed by atoms with Gasteiger partial charge in [-0.25, -0.2) is 4.79 Å². The molecule has 0 heterocycles. The van der Waals surface area contributed by atoms with Gasteiger partial charge in [0.15, 0.2) is 0 Å². The van der Waals surface area contributed by atoms with Gasteiger partial charge in [-0.15, -0.1) is 0 Å². The molecule has 0 bridgehead atoms. The summed E-state index contributed by atoms with van der Waals surface area (Å²) >= 11 is 0. The normalized spacial score (nSPS) is 12.5. The summed E-state index contributed by atoms with van der Waals surface area (Å²) in [5, 5.41) is 0. The molecule has 4 nitrogen and oxygen atoms in total. The Kier molecular flexibility index (Phi) is 5.46. The number of amides is 1. The molecule has 0 aliphatic rings. The molecule has 0 aliphatic heterocycles. The summed E-state index contributed by atoms with van der Waals surface area (Å²) in [6, 6.07) is 0. The highest BCUT2D eigenvalue weighted by atomic mass is 19.1. The van der Waals surface area contributed by atoms with Crippen molar-refractivity contribution in [3.63, 3.8) is 0 Å². The van der Waals surface area contributed by atoms with E-state index >= 15 is 0 Å². The molecule has 1 atom stereocenters. The van der Waals surface area contributed by atoms with E-state index in [0.29, 0.717) is 0 Å². The van der Waals surface area contributed by atoms with Crippen LogP contribution in [0.2, 0.25) is 0 Å². The predicted octanol–water partition coefficient (Wildman–Crippen LogP) is 0.456. The maximum absolute atomic E-state index is 11.7. The number of hydrogen-bond acceptors (Lipinski definition) is 3. The third-order valence-corrected chi connectivity index (χ3v) is 1.18. The lowest BCUT2D eigenvalue weighted by atomic mass is 10.3. The molecule has 0 saturated heterocycles. The molecule has 0 fully saturated rings. The van der Waals surface area contributed by atoms with Crippen LogP contribution in [0.1, 0.15) is 6.42 Å². The number of nitrogens with two attached hydrogens (primary N) is 1. The number of carbonyl (C=O) groups is 1. The molecule has 0 aromatic rings. The van der Waals surface area contributed by atoms with Crippen molar-refractivity contribution < 1.29 is 18.7 Å². The largest absolute Gasteiger partial charge is 0.447 e.